The number of nitrogens with one attached hydrogen (secondary N) is 2. The Morgan fingerprint density at radius 1 is 1.20 bits per heavy atom. The highest BCUT2D eigenvalue weighted by atomic mass is 16.3. The van der Waals surface area contributed by atoms with Crippen molar-refractivity contribution in [2.24, 2.45) is 5.92 Å². The average molecular weight is 420 g/mol. The highest BCUT2D eigenvalue weighted by molar-refractivity contribution is 5.89. The molecule has 0 bridgehead atoms. The predicted octanol–water partition coefficient (Wildman–Crippen LogP) is 1.44. The van der Waals surface area contributed by atoms with Crippen LogP contribution in [-0.2, 0) is 16.1 Å². The maximum atomic E-state index is 13.0. The summed E-state index contributed by atoms with van der Waals surface area (Å²) in [6.07, 6.45) is 7.99. The van der Waals surface area contributed by atoms with E-state index in [1.807, 2.05) is 24.8 Å². The van der Waals surface area contributed by atoms with Crippen molar-refractivity contribution in [2.75, 3.05) is 25.4 Å². The third kappa shape index (κ3) is 7.25. The molecular formula is C22H37N5O3. The SMILES string of the molecule is CCN(CC)C(CO)C(=O)N[C@@H](CC1CCCCC1)C(=O)NCc1ccc(N)nc1. The second kappa shape index (κ2) is 12.5. The van der Waals surface area contributed by atoms with Gasteiger partial charge in [-0.3, -0.25) is 14.5 Å². The first kappa shape index (κ1) is 24.1. The number of pyridine rings is 1. The van der Waals surface area contributed by atoms with E-state index in [1.165, 1.54) is 19.3 Å². The number of carbonyl (C=O) groups is 2. The summed E-state index contributed by atoms with van der Waals surface area (Å²) in [5, 5.41) is 15.6. The Morgan fingerprint density at radius 2 is 1.90 bits per heavy atom. The number of rotatable bonds is 11. The minimum atomic E-state index is -0.650. The fourth-order valence-electron chi connectivity index (χ4n) is 4.14. The fourth-order valence-corrected chi connectivity index (χ4v) is 4.14. The molecule has 1 aromatic heterocycles. The van der Waals surface area contributed by atoms with Gasteiger partial charge in [0.25, 0.3) is 0 Å². The molecule has 0 spiro atoms. The molecule has 0 radical (unpaired) electrons. The van der Waals surface area contributed by atoms with E-state index in [9.17, 15) is 14.7 Å². The van der Waals surface area contributed by atoms with E-state index < -0.39 is 12.1 Å². The first-order valence-electron chi connectivity index (χ1n) is 11.1. The van der Waals surface area contributed by atoms with Gasteiger partial charge in [-0.25, -0.2) is 4.98 Å². The van der Waals surface area contributed by atoms with Crippen molar-refractivity contribution in [3.63, 3.8) is 0 Å². The third-order valence-corrected chi connectivity index (χ3v) is 5.97. The van der Waals surface area contributed by atoms with Crippen LogP contribution in [0.3, 0.4) is 0 Å². The van der Waals surface area contributed by atoms with Crippen molar-refractivity contribution in [3.05, 3.63) is 23.9 Å². The highest BCUT2D eigenvalue weighted by Gasteiger charge is 2.30. The number of amides is 2. The lowest BCUT2D eigenvalue weighted by molar-refractivity contribution is -0.133. The highest BCUT2D eigenvalue weighted by Crippen LogP contribution is 2.27. The van der Waals surface area contributed by atoms with E-state index in [4.69, 9.17) is 5.73 Å². The Labute approximate surface area is 179 Å². The van der Waals surface area contributed by atoms with Gasteiger partial charge in [0.05, 0.1) is 6.61 Å². The molecule has 2 atom stereocenters. The molecular weight excluding hydrogens is 382 g/mol. The Bertz CT molecular complexity index is 657. The Kier molecular flexibility index (Phi) is 10.0. The number of likely N-dealkylation sites (N-methyl/N-ethyl adjacent to an activating group) is 1. The molecule has 1 aliphatic rings. The molecule has 30 heavy (non-hydrogen) atoms. The van der Waals surface area contributed by atoms with Gasteiger partial charge in [-0.2, -0.15) is 0 Å². The number of aliphatic hydroxyl groups is 1. The van der Waals surface area contributed by atoms with Gasteiger partial charge in [-0.05, 0) is 37.1 Å². The fraction of sp³-hybridized carbons (Fsp3) is 0.682. The first-order valence-corrected chi connectivity index (χ1v) is 11.1. The van der Waals surface area contributed by atoms with E-state index in [0.29, 0.717) is 37.8 Å². The van der Waals surface area contributed by atoms with Crippen LogP contribution in [0.25, 0.3) is 0 Å². The van der Waals surface area contributed by atoms with Crippen molar-refractivity contribution >= 4 is 17.6 Å². The summed E-state index contributed by atoms with van der Waals surface area (Å²) in [7, 11) is 0. The van der Waals surface area contributed by atoms with Crippen molar-refractivity contribution < 1.29 is 14.7 Å². The van der Waals surface area contributed by atoms with E-state index >= 15 is 0 Å². The zero-order valence-corrected chi connectivity index (χ0v) is 18.3. The van der Waals surface area contributed by atoms with Crippen molar-refractivity contribution in [1.82, 2.24) is 20.5 Å². The third-order valence-electron chi connectivity index (χ3n) is 5.97. The molecule has 5 N–H and O–H groups in total. The topological polar surface area (TPSA) is 121 Å². The largest absolute Gasteiger partial charge is 0.394 e. The molecule has 1 heterocycles. The summed E-state index contributed by atoms with van der Waals surface area (Å²) in [5.41, 5.74) is 6.45. The van der Waals surface area contributed by atoms with Gasteiger partial charge in [-0.1, -0.05) is 52.0 Å². The zero-order valence-electron chi connectivity index (χ0n) is 18.3. The van der Waals surface area contributed by atoms with Crippen molar-refractivity contribution in [2.45, 2.75) is 71.0 Å². The molecule has 0 saturated heterocycles. The molecule has 168 valence electrons. The Balaban J connectivity index is 2.05. The second-order valence-electron chi connectivity index (χ2n) is 8.03. The van der Waals surface area contributed by atoms with Crippen LogP contribution in [0.5, 0.6) is 0 Å². The van der Waals surface area contributed by atoms with Crippen LogP contribution in [0.4, 0.5) is 5.82 Å². The van der Waals surface area contributed by atoms with E-state index in [1.54, 1.807) is 12.3 Å². The minimum Gasteiger partial charge on any atom is -0.394 e. The minimum absolute atomic E-state index is 0.206. The summed E-state index contributed by atoms with van der Waals surface area (Å²) in [4.78, 5) is 31.8. The van der Waals surface area contributed by atoms with Crippen LogP contribution in [0.15, 0.2) is 18.3 Å². The second-order valence-corrected chi connectivity index (χ2v) is 8.03. The zero-order chi connectivity index (χ0) is 21.9. The van der Waals surface area contributed by atoms with Gasteiger partial charge in [0.1, 0.15) is 17.9 Å². The van der Waals surface area contributed by atoms with E-state index in [2.05, 4.69) is 15.6 Å². The van der Waals surface area contributed by atoms with Gasteiger partial charge in [0, 0.05) is 12.7 Å². The lowest BCUT2D eigenvalue weighted by Crippen LogP contribution is -2.55. The van der Waals surface area contributed by atoms with Gasteiger partial charge in [0.2, 0.25) is 11.8 Å². The number of aliphatic hydroxyl groups excluding tert-OH is 1. The van der Waals surface area contributed by atoms with Crippen molar-refractivity contribution in [3.8, 4) is 0 Å². The monoisotopic (exact) mass is 419 g/mol. The molecule has 1 aromatic rings. The molecule has 8 heteroatoms. The van der Waals surface area contributed by atoms with Crippen LogP contribution < -0.4 is 16.4 Å². The molecule has 2 rings (SSSR count). The Hall–Kier alpha value is -2.19. The number of nitrogen functional groups attached to an aromatic ring is 1. The first-order chi connectivity index (χ1) is 14.5. The van der Waals surface area contributed by atoms with Crippen LogP contribution in [0.1, 0.15) is 57.9 Å². The number of nitrogens with zero attached hydrogens (tertiary/aromatic N) is 2. The summed E-state index contributed by atoms with van der Waals surface area (Å²) in [6, 6.07) is 2.24. The molecule has 8 nitrogen and oxygen atoms in total. The number of carbonyl (C=O) groups excluding carboxylic acids is 2. The van der Waals surface area contributed by atoms with E-state index in [0.717, 1.165) is 18.4 Å². The Morgan fingerprint density at radius 3 is 2.47 bits per heavy atom. The van der Waals surface area contributed by atoms with Gasteiger partial charge >= 0.3 is 0 Å². The normalized spacial score (nSPS) is 16.8. The number of hydrogen-bond acceptors (Lipinski definition) is 6. The van der Waals surface area contributed by atoms with Crippen LogP contribution in [0.2, 0.25) is 0 Å². The van der Waals surface area contributed by atoms with Crippen LogP contribution >= 0.6 is 0 Å². The van der Waals surface area contributed by atoms with Crippen LogP contribution in [0, 0.1) is 5.92 Å². The van der Waals surface area contributed by atoms with E-state index in [-0.39, 0.29) is 18.4 Å². The molecule has 1 unspecified atom stereocenters. The summed E-state index contributed by atoms with van der Waals surface area (Å²) in [6.45, 7) is 5.25. The molecule has 0 aromatic carbocycles. The molecule has 1 fully saturated rings. The van der Waals surface area contributed by atoms with Gasteiger partial charge in [-0.15, -0.1) is 0 Å². The number of nitrogens with two attached hydrogens (primary N) is 1. The van der Waals surface area contributed by atoms with Crippen molar-refractivity contribution in [1.29, 1.82) is 0 Å². The quantitative estimate of drug-likeness (QED) is 0.431. The summed E-state index contributed by atoms with van der Waals surface area (Å²) >= 11 is 0. The smallest absolute Gasteiger partial charge is 0.242 e. The predicted molar refractivity (Wildman–Crippen MR) is 117 cm³/mol. The molecule has 1 saturated carbocycles. The maximum absolute atomic E-state index is 13.0. The lowest BCUT2D eigenvalue weighted by Gasteiger charge is -2.30. The molecule has 0 aliphatic heterocycles. The van der Waals surface area contributed by atoms with Crippen LogP contribution in [-0.4, -0.2) is 58.6 Å². The number of aromatic nitrogens is 1. The maximum Gasteiger partial charge on any atom is 0.242 e. The lowest BCUT2D eigenvalue weighted by atomic mass is 9.84. The number of anilines is 1. The standard InChI is InChI=1S/C22H37N5O3/c1-3-27(4-2)19(15-28)22(30)26-18(12-16-8-6-5-7-9-16)21(29)25-14-17-10-11-20(23)24-13-17/h10-11,13,16,18-19,28H,3-9,12,14-15H2,1-2H3,(H2,23,24)(H,25,29)(H,26,30)/t18-,19?/m0/s1. The summed E-state index contributed by atoms with van der Waals surface area (Å²) in [5.74, 6) is 0.348. The van der Waals surface area contributed by atoms with Gasteiger partial charge in [0.15, 0.2) is 0 Å². The van der Waals surface area contributed by atoms with Gasteiger partial charge < -0.3 is 21.5 Å². The number of hydrogen-bond donors (Lipinski definition) is 4. The molecule has 2 amide bonds. The molecule has 1 aliphatic carbocycles. The average Bonchev–Trinajstić information content (AvgIpc) is 2.76. The summed E-state index contributed by atoms with van der Waals surface area (Å²) < 4.78 is 0.